The number of benzene rings is 1. The minimum Gasteiger partial charge on any atom is -0.228 e. The van der Waals surface area contributed by atoms with E-state index < -0.39 is 15.3 Å². The van der Waals surface area contributed by atoms with E-state index in [0.29, 0.717) is 12.3 Å². The Kier molecular flexibility index (Phi) is 3.88. The Morgan fingerprint density at radius 1 is 1.20 bits per heavy atom. The molecular formula is C11H17NO2S. The van der Waals surface area contributed by atoms with Crippen molar-refractivity contribution in [1.29, 1.82) is 0 Å². The van der Waals surface area contributed by atoms with Gasteiger partial charge < -0.3 is 0 Å². The summed E-state index contributed by atoms with van der Waals surface area (Å²) in [5.41, 5.74) is 0.772. The summed E-state index contributed by atoms with van der Waals surface area (Å²) in [6, 6.07) is 9.12. The van der Waals surface area contributed by atoms with Crippen molar-refractivity contribution in [2.75, 3.05) is 0 Å². The zero-order valence-electron chi connectivity index (χ0n) is 9.05. The van der Waals surface area contributed by atoms with Gasteiger partial charge >= 0.3 is 0 Å². The zero-order chi connectivity index (χ0) is 11.5. The molecule has 0 heterocycles. The first-order valence-electron chi connectivity index (χ1n) is 4.98. The second-order valence-corrected chi connectivity index (χ2v) is 5.86. The number of nitrogens with two attached hydrogens (primary N) is 1. The quantitative estimate of drug-likeness (QED) is 0.856. The fraction of sp³-hybridized carbons (Fsp3) is 0.455. The maximum absolute atomic E-state index is 11.4. The van der Waals surface area contributed by atoms with E-state index in [1.807, 2.05) is 32.0 Å². The summed E-state index contributed by atoms with van der Waals surface area (Å²) in [4.78, 5) is 0. The van der Waals surface area contributed by atoms with Crippen molar-refractivity contribution in [1.82, 2.24) is 0 Å². The van der Waals surface area contributed by atoms with Gasteiger partial charge in [0.2, 0.25) is 10.0 Å². The Bertz CT molecular complexity index is 398. The molecule has 0 aliphatic heterocycles. The zero-order valence-corrected chi connectivity index (χ0v) is 9.87. The molecule has 1 atom stereocenters. The van der Waals surface area contributed by atoms with Gasteiger partial charge in [0.05, 0.1) is 0 Å². The highest BCUT2D eigenvalue weighted by Crippen LogP contribution is 2.27. The molecule has 15 heavy (non-hydrogen) atoms. The Morgan fingerprint density at radius 3 is 2.13 bits per heavy atom. The molecule has 1 rings (SSSR count). The first-order valence-corrected chi connectivity index (χ1v) is 6.58. The molecular weight excluding hydrogens is 210 g/mol. The predicted molar refractivity (Wildman–Crippen MR) is 61.7 cm³/mol. The van der Waals surface area contributed by atoms with Gasteiger partial charge in [0, 0.05) is 0 Å². The minimum atomic E-state index is -3.51. The fourth-order valence-electron chi connectivity index (χ4n) is 1.56. The van der Waals surface area contributed by atoms with Gasteiger partial charge in [0.15, 0.2) is 0 Å². The maximum Gasteiger partial charge on any atom is 0.216 e. The number of sulfonamides is 1. The van der Waals surface area contributed by atoms with Crippen LogP contribution in [-0.2, 0) is 10.0 Å². The molecule has 0 bridgehead atoms. The molecule has 2 N–H and O–H groups in total. The maximum atomic E-state index is 11.4. The Hall–Kier alpha value is -0.870. The van der Waals surface area contributed by atoms with Gasteiger partial charge in [-0.2, -0.15) is 0 Å². The van der Waals surface area contributed by atoms with Crippen LogP contribution in [-0.4, -0.2) is 8.42 Å². The monoisotopic (exact) mass is 227 g/mol. The minimum absolute atomic E-state index is 0.300. The van der Waals surface area contributed by atoms with E-state index in [9.17, 15) is 8.42 Å². The summed E-state index contributed by atoms with van der Waals surface area (Å²) in [6.45, 7) is 3.97. The lowest BCUT2D eigenvalue weighted by atomic mass is 10.0. The summed E-state index contributed by atoms with van der Waals surface area (Å²) < 4.78 is 22.9. The van der Waals surface area contributed by atoms with E-state index >= 15 is 0 Å². The highest BCUT2D eigenvalue weighted by molar-refractivity contribution is 7.89. The lowest BCUT2D eigenvalue weighted by Crippen LogP contribution is -2.23. The van der Waals surface area contributed by atoms with Crippen LogP contribution in [0.1, 0.15) is 31.1 Å². The van der Waals surface area contributed by atoms with Crippen molar-refractivity contribution in [3.63, 3.8) is 0 Å². The van der Waals surface area contributed by atoms with Crippen LogP contribution in [0.4, 0.5) is 0 Å². The third-order valence-electron chi connectivity index (χ3n) is 2.25. The molecule has 4 heteroatoms. The molecule has 0 aromatic heterocycles. The van der Waals surface area contributed by atoms with Gasteiger partial charge in [-0.3, -0.25) is 0 Å². The van der Waals surface area contributed by atoms with Gasteiger partial charge in [-0.1, -0.05) is 44.2 Å². The summed E-state index contributed by atoms with van der Waals surface area (Å²) >= 11 is 0. The van der Waals surface area contributed by atoms with Gasteiger partial charge in [-0.25, -0.2) is 13.6 Å². The van der Waals surface area contributed by atoms with Crippen molar-refractivity contribution < 1.29 is 8.42 Å². The smallest absolute Gasteiger partial charge is 0.216 e. The lowest BCUT2D eigenvalue weighted by molar-refractivity contribution is 0.533. The standard InChI is InChI=1S/C11H17NO2S/c1-9(2)8-11(15(12,13)14)10-6-4-3-5-7-10/h3-7,9,11H,8H2,1-2H3,(H2,12,13,14). The average molecular weight is 227 g/mol. The first-order chi connectivity index (χ1) is 6.91. The average Bonchev–Trinajstić information content (AvgIpc) is 2.14. The Labute approximate surface area is 91.4 Å². The molecule has 1 unspecified atom stereocenters. The van der Waals surface area contributed by atoms with E-state index in [1.54, 1.807) is 12.1 Å². The largest absolute Gasteiger partial charge is 0.228 e. The predicted octanol–water partition coefficient (Wildman–Crippen LogP) is 2.06. The summed E-state index contributed by atoms with van der Waals surface area (Å²) in [6.07, 6.45) is 0.558. The van der Waals surface area contributed by atoms with E-state index in [-0.39, 0.29) is 0 Å². The van der Waals surface area contributed by atoms with Crippen LogP contribution < -0.4 is 5.14 Å². The summed E-state index contributed by atoms with van der Waals surface area (Å²) in [7, 11) is -3.51. The molecule has 1 aromatic carbocycles. The normalized spacial score (nSPS) is 14.1. The molecule has 1 aromatic rings. The van der Waals surface area contributed by atoms with Crippen molar-refractivity contribution in [3.05, 3.63) is 35.9 Å². The third-order valence-corrected chi connectivity index (χ3v) is 3.51. The fourth-order valence-corrected chi connectivity index (χ4v) is 2.75. The Balaban J connectivity index is 3.03. The molecule has 0 fully saturated rings. The molecule has 0 aliphatic carbocycles. The van der Waals surface area contributed by atoms with Crippen molar-refractivity contribution in [2.24, 2.45) is 11.1 Å². The van der Waals surface area contributed by atoms with Crippen LogP contribution in [0.2, 0.25) is 0 Å². The summed E-state index contributed by atoms with van der Waals surface area (Å²) in [5, 5.41) is 4.65. The molecule has 0 radical (unpaired) electrons. The van der Waals surface area contributed by atoms with E-state index in [2.05, 4.69) is 0 Å². The van der Waals surface area contributed by atoms with Gasteiger partial charge in [-0.15, -0.1) is 0 Å². The van der Waals surface area contributed by atoms with E-state index in [0.717, 1.165) is 5.56 Å². The number of rotatable bonds is 4. The van der Waals surface area contributed by atoms with Crippen LogP contribution in [0.5, 0.6) is 0 Å². The Morgan fingerprint density at radius 2 is 1.73 bits per heavy atom. The highest BCUT2D eigenvalue weighted by atomic mass is 32.2. The molecule has 0 saturated heterocycles. The van der Waals surface area contributed by atoms with Crippen LogP contribution >= 0.6 is 0 Å². The van der Waals surface area contributed by atoms with Crippen LogP contribution in [0, 0.1) is 5.92 Å². The van der Waals surface area contributed by atoms with E-state index in [4.69, 9.17) is 5.14 Å². The summed E-state index contributed by atoms with van der Waals surface area (Å²) in [5.74, 6) is 0.300. The van der Waals surface area contributed by atoms with Crippen LogP contribution in [0.25, 0.3) is 0 Å². The molecule has 3 nitrogen and oxygen atoms in total. The highest BCUT2D eigenvalue weighted by Gasteiger charge is 2.24. The lowest BCUT2D eigenvalue weighted by Gasteiger charge is -2.17. The van der Waals surface area contributed by atoms with Crippen molar-refractivity contribution >= 4 is 10.0 Å². The van der Waals surface area contributed by atoms with Crippen molar-refractivity contribution in [3.8, 4) is 0 Å². The third kappa shape index (κ3) is 3.64. The molecule has 0 aliphatic rings. The SMILES string of the molecule is CC(C)CC(c1ccccc1)S(N)(=O)=O. The van der Waals surface area contributed by atoms with Gasteiger partial charge in [-0.05, 0) is 17.9 Å². The van der Waals surface area contributed by atoms with Gasteiger partial charge in [0.25, 0.3) is 0 Å². The second kappa shape index (κ2) is 4.77. The molecule has 0 amide bonds. The topological polar surface area (TPSA) is 60.2 Å². The number of hydrogen-bond donors (Lipinski definition) is 1. The molecule has 0 saturated carbocycles. The van der Waals surface area contributed by atoms with Crippen molar-refractivity contribution in [2.45, 2.75) is 25.5 Å². The molecule has 0 spiro atoms. The first kappa shape index (κ1) is 12.2. The van der Waals surface area contributed by atoms with Gasteiger partial charge in [0.1, 0.15) is 5.25 Å². The number of hydrogen-bond acceptors (Lipinski definition) is 2. The second-order valence-electron chi connectivity index (χ2n) is 4.12. The van der Waals surface area contributed by atoms with E-state index in [1.165, 1.54) is 0 Å². The van der Waals surface area contributed by atoms with Crippen LogP contribution in [0.3, 0.4) is 0 Å². The number of primary sulfonamides is 1. The van der Waals surface area contributed by atoms with Crippen LogP contribution in [0.15, 0.2) is 30.3 Å². The molecule has 84 valence electrons.